The van der Waals surface area contributed by atoms with Crippen LogP contribution in [0.2, 0.25) is 0 Å². The van der Waals surface area contributed by atoms with E-state index in [1.807, 2.05) is 0 Å². The van der Waals surface area contributed by atoms with Gasteiger partial charge in [-0.15, -0.1) is 0 Å². The second kappa shape index (κ2) is 7.84. The highest BCUT2D eigenvalue weighted by molar-refractivity contribution is 5.89. The number of ketones is 2. The van der Waals surface area contributed by atoms with Crippen molar-refractivity contribution in [3.63, 3.8) is 0 Å². The Hall–Kier alpha value is -0.920. The van der Waals surface area contributed by atoms with Crippen molar-refractivity contribution in [2.45, 2.75) is 106 Å². The van der Waals surface area contributed by atoms with Crippen molar-refractivity contribution in [3.8, 4) is 0 Å². The molecule has 0 aliphatic heterocycles. The summed E-state index contributed by atoms with van der Waals surface area (Å²) in [6.45, 7) is 16.2. The summed E-state index contributed by atoms with van der Waals surface area (Å²) in [6.07, 6.45) is 12.2. The predicted octanol–water partition coefficient (Wildman–Crippen LogP) is 7.41. The Balaban J connectivity index is 1.60. The molecule has 4 aliphatic carbocycles. The number of rotatable bonds is 5. The molecule has 0 amide bonds. The summed E-state index contributed by atoms with van der Waals surface area (Å²) in [5.74, 6) is 4.22. The lowest BCUT2D eigenvalue weighted by atomic mass is 9.44. The van der Waals surface area contributed by atoms with E-state index in [-0.39, 0.29) is 22.2 Å². The summed E-state index contributed by atoms with van der Waals surface area (Å²) in [7, 11) is 0. The predicted molar refractivity (Wildman–Crippen MR) is 128 cm³/mol. The maximum absolute atomic E-state index is 13.5. The van der Waals surface area contributed by atoms with E-state index in [9.17, 15) is 9.59 Å². The molecule has 0 aromatic heterocycles. The van der Waals surface area contributed by atoms with E-state index in [1.54, 1.807) is 0 Å². The fourth-order valence-corrected chi connectivity index (χ4v) is 8.96. The average Bonchev–Trinajstić information content (AvgIpc) is 2.96. The van der Waals surface area contributed by atoms with Gasteiger partial charge in [-0.3, -0.25) is 9.59 Å². The quantitative estimate of drug-likeness (QED) is 0.429. The maximum atomic E-state index is 13.5. The van der Waals surface area contributed by atoms with Crippen LogP contribution in [0.15, 0.2) is 11.6 Å². The van der Waals surface area contributed by atoms with Crippen molar-refractivity contribution in [3.05, 3.63) is 11.6 Å². The molecule has 2 heteroatoms. The Kier molecular flexibility index (Phi) is 5.88. The number of hydrogen-bond acceptors (Lipinski definition) is 2. The van der Waals surface area contributed by atoms with Gasteiger partial charge in [0.2, 0.25) is 0 Å². The first-order valence-corrected chi connectivity index (χ1v) is 13.2. The molecule has 4 aliphatic rings. The van der Waals surface area contributed by atoms with E-state index >= 15 is 0 Å². The summed E-state index contributed by atoms with van der Waals surface area (Å²) in [5, 5.41) is 0. The van der Waals surface area contributed by atoms with Gasteiger partial charge in [0.1, 0.15) is 11.6 Å². The lowest BCUT2D eigenvalue weighted by Crippen LogP contribution is -2.54. The molecule has 3 fully saturated rings. The molecule has 3 saturated carbocycles. The Morgan fingerprint density at radius 3 is 2.42 bits per heavy atom. The van der Waals surface area contributed by atoms with Gasteiger partial charge in [-0.2, -0.15) is 0 Å². The molecular weight excluding hydrogens is 380 g/mol. The fraction of sp³-hybridized carbons (Fsp3) is 0.862. The molecule has 1 unspecified atom stereocenters. The Morgan fingerprint density at radius 1 is 1.03 bits per heavy atom. The molecule has 0 aromatic carbocycles. The minimum absolute atomic E-state index is 0.100. The van der Waals surface area contributed by atoms with E-state index in [2.05, 4.69) is 54.5 Å². The van der Waals surface area contributed by atoms with Crippen LogP contribution >= 0.6 is 0 Å². The van der Waals surface area contributed by atoms with Gasteiger partial charge >= 0.3 is 0 Å². The van der Waals surface area contributed by atoms with Gasteiger partial charge in [-0.25, -0.2) is 0 Å². The van der Waals surface area contributed by atoms with Gasteiger partial charge in [-0.05, 0) is 80.0 Å². The van der Waals surface area contributed by atoms with Crippen molar-refractivity contribution in [2.24, 2.45) is 51.8 Å². The minimum Gasteiger partial charge on any atom is -0.299 e. The zero-order chi connectivity index (χ0) is 22.8. The van der Waals surface area contributed by atoms with Crippen LogP contribution in [0.5, 0.6) is 0 Å². The Bertz CT molecular complexity index is 774. The lowest BCUT2D eigenvalue weighted by molar-refractivity contribution is -0.136. The van der Waals surface area contributed by atoms with Crippen LogP contribution in [-0.2, 0) is 9.59 Å². The minimum atomic E-state index is -0.328. The largest absolute Gasteiger partial charge is 0.299 e. The van der Waals surface area contributed by atoms with Crippen LogP contribution in [0.1, 0.15) is 106 Å². The molecule has 0 heterocycles. The van der Waals surface area contributed by atoms with Crippen molar-refractivity contribution in [1.82, 2.24) is 0 Å². The number of Topliss-reactive ketones (excluding diaryl/α,β-unsaturated/α-hetero) is 2. The summed E-state index contributed by atoms with van der Waals surface area (Å²) in [4.78, 5) is 26.2. The van der Waals surface area contributed by atoms with Crippen molar-refractivity contribution < 1.29 is 9.59 Å². The first kappa shape index (κ1) is 23.2. The van der Waals surface area contributed by atoms with E-state index in [4.69, 9.17) is 0 Å². The molecule has 0 N–H and O–H groups in total. The van der Waals surface area contributed by atoms with Crippen LogP contribution in [0, 0.1) is 51.8 Å². The molecule has 0 aromatic rings. The zero-order valence-corrected chi connectivity index (χ0v) is 21.2. The van der Waals surface area contributed by atoms with Crippen LogP contribution < -0.4 is 0 Å². The molecule has 7 atom stereocenters. The number of allylic oxidation sites excluding steroid dienone is 2. The summed E-state index contributed by atoms with van der Waals surface area (Å²) < 4.78 is 0. The number of carbonyl (C=O) groups is 2. The molecule has 2 nitrogen and oxygen atoms in total. The molecule has 31 heavy (non-hydrogen) atoms. The topological polar surface area (TPSA) is 34.1 Å². The van der Waals surface area contributed by atoms with Crippen LogP contribution in [0.3, 0.4) is 0 Å². The Labute approximate surface area is 191 Å². The van der Waals surface area contributed by atoms with Crippen molar-refractivity contribution in [1.29, 1.82) is 0 Å². The molecule has 0 spiro atoms. The van der Waals surface area contributed by atoms with E-state index in [1.165, 1.54) is 37.7 Å². The van der Waals surface area contributed by atoms with E-state index < -0.39 is 0 Å². The molecule has 0 saturated heterocycles. The number of carbonyl (C=O) groups excluding carboxylic acids is 2. The fourth-order valence-electron chi connectivity index (χ4n) is 8.96. The average molecular weight is 427 g/mol. The van der Waals surface area contributed by atoms with Gasteiger partial charge in [0.15, 0.2) is 0 Å². The Morgan fingerprint density at radius 2 is 1.74 bits per heavy atom. The normalized spacial score (nSPS) is 42.6. The highest BCUT2D eigenvalue weighted by Crippen LogP contribution is 2.67. The second-order valence-electron chi connectivity index (χ2n) is 13.2. The van der Waals surface area contributed by atoms with Gasteiger partial charge < -0.3 is 0 Å². The number of hydrogen-bond donors (Lipinski definition) is 0. The maximum Gasteiger partial charge on any atom is 0.142 e. The summed E-state index contributed by atoms with van der Waals surface area (Å²) in [6, 6.07) is 0. The van der Waals surface area contributed by atoms with Crippen LogP contribution in [-0.4, -0.2) is 11.6 Å². The summed E-state index contributed by atoms with van der Waals surface area (Å²) >= 11 is 0. The van der Waals surface area contributed by atoms with Crippen molar-refractivity contribution >= 4 is 11.6 Å². The van der Waals surface area contributed by atoms with E-state index in [0.717, 1.165) is 25.2 Å². The van der Waals surface area contributed by atoms with Crippen LogP contribution in [0.25, 0.3) is 0 Å². The van der Waals surface area contributed by atoms with E-state index in [0.29, 0.717) is 41.7 Å². The van der Waals surface area contributed by atoms with Gasteiger partial charge in [0, 0.05) is 24.2 Å². The standard InChI is InChI=1S/C29H46O2/c1-18(2)9-8-10-19(3)22-17-23(30)26-20-11-12-24-27(4,5)25(31)14-16-28(24,6)21(20)13-15-29(22,26)7/h12,18-22,26H,8-11,13-17H2,1-7H3/t19?,20-,21+,22-,26-,28-,29-/m1/s1. The van der Waals surface area contributed by atoms with Gasteiger partial charge in [-0.1, -0.05) is 65.5 Å². The first-order valence-electron chi connectivity index (χ1n) is 13.2. The third kappa shape index (κ3) is 3.50. The zero-order valence-electron chi connectivity index (χ0n) is 21.2. The smallest absolute Gasteiger partial charge is 0.142 e. The van der Waals surface area contributed by atoms with Crippen molar-refractivity contribution in [2.75, 3.05) is 0 Å². The van der Waals surface area contributed by atoms with Gasteiger partial charge in [0.05, 0.1) is 0 Å². The first-order chi connectivity index (χ1) is 14.4. The lowest BCUT2D eigenvalue weighted by Gasteiger charge is -2.59. The molecule has 4 rings (SSSR count). The molecule has 0 radical (unpaired) electrons. The third-order valence-corrected chi connectivity index (χ3v) is 10.7. The highest BCUT2D eigenvalue weighted by Gasteiger charge is 2.63. The van der Waals surface area contributed by atoms with Crippen LogP contribution in [0.4, 0.5) is 0 Å². The monoisotopic (exact) mass is 426 g/mol. The third-order valence-electron chi connectivity index (χ3n) is 10.7. The molecule has 174 valence electrons. The SMILES string of the molecule is CC(C)CCCC(C)[C@H]1CC(=O)[C@H]2[C@@H]3CC=C4C(C)(C)C(=O)CC[C@]4(C)[C@H]3CC[C@]12C. The molecule has 0 bridgehead atoms. The van der Waals surface area contributed by atoms with Gasteiger partial charge in [0.25, 0.3) is 0 Å². The highest BCUT2D eigenvalue weighted by atomic mass is 16.1. The molecular formula is C29H46O2. The second-order valence-corrected chi connectivity index (χ2v) is 13.2. The number of fused-ring (bicyclic) bond motifs is 5. The summed E-state index contributed by atoms with van der Waals surface area (Å²) in [5.41, 5.74) is 1.34.